The fourth-order valence-corrected chi connectivity index (χ4v) is 1.66. The van der Waals surface area contributed by atoms with Crippen LogP contribution >= 0.6 is 11.3 Å². The second-order valence-electron chi connectivity index (χ2n) is 3.31. The van der Waals surface area contributed by atoms with Gasteiger partial charge in [0.15, 0.2) is 0 Å². The molecular formula is C10H10N4O3S. The number of hydrogen-bond donors (Lipinski definition) is 2. The highest BCUT2D eigenvalue weighted by atomic mass is 32.1. The molecule has 0 saturated carbocycles. The van der Waals surface area contributed by atoms with Gasteiger partial charge in [0.2, 0.25) is 11.0 Å². The van der Waals surface area contributed by atoms with Crippen LogP contribution < -0.4 is 10.6 Å². The standard InChI is InChI=1S/C10H10N4O3S/c15-8(13-10-14-12-6-18-10)1-3-11-9(16)7-2-4-17-5-7/h2,4-6H,1,3H2,(H,11,16)(H,13,14,15). The number of furan rings is 1. The van der Waals surface area contributed by atoms with Crippen LogP contribution in [0.25, 0.3) is 0 Å². The van der Waals surface area contributed by atoms with Gasteiger partial charge in [0.25, 0.3) is 5.91 Å². The molecule has 0 aromatic carbocycles. The summed E-state index contributed by atoms with van der Waals surface area (Å²) in [5, 5.41) is 12.9. The quantitative estimate of drug-likeness (QED) is 0.837. The zero-order valence-electron chi connectivity index (χ0n) is 9.25. The number of nitrogens with zero attached hydrogens (tertiary/aromatic N) is 2. The molecule has 0 spiro atoms. The molecule has 18 heavy (non-hydrogen) atoms. The molecule has 8 heteroatoms. The number of amides is 2. The van der Waals surface area contributed by atoms with E-state index in [0.717, 1.165) is 0 Å². The first-order valence-electron chi connectivity index (χ1n) is 5.12. The number of nitrogens with one attached hydrogen (secondary N) is 2. The van der Waals surface area contributed by atoms with Gasteiger partial charge in [0, 0.05) is 13.0 Å². The fraction of sp³-hybridized carbons (Fsp3) is 0.200. The van der Waals surface area contributed by atoms with Gasteiger partial charge in [-0.2, -0.15) is 0 Å². The Hall–Kier alpha value is -2.22. The highest BCUT2D eigenvalue weighted by Crippen LogP contribution is 2.07. The maximum absolute atomic E-state index is 11.5. The molecule has 0 unspecified atom stereocenters. The van der Waals surface area contributed by atoms with Crippen LogP contribution in [0, 0.1) is 0 Å². The molecule has 94 valence electrons. The van der Waals surface area contributed by atoms with Crippen molar-refractivity contribution < 1.29 is 14.0 Å². The number of carbonyl (C=O) groups excluding carboxylic acids is 2. The lowest BCUT2D eigenvalue weighted by Gasteiger charge is -2.03. The second kappa shape index (κ2) is 5.92. The molecule has 0 fully saturated rings. The monoisotopic (exact) mass is 266 g/mol. The molecule has 2 aromatic heterocycles. The molecule has 2 heterocycles. The molecule has 0 saturated heterocycles. The van der Waals surface area contributed by atoms with Crippen molar-refractivity contribution in [2.24, 2.45) is 0 Å². The lowest BCUT2D eigenvalue weighted by Crippen LogP contribution is -2.27. The van der Waals surface area contributed by atoms with Crippen LogP contribution in [0.4, 0.5) is 5.13 Å². The Labute approximate surface area is 106 Å². The molecule has 0 aliphatic rings. The Morgan fingerprint density at radius 3 is 3.00 bits per heavy atom. The molecule has 2 aromatic rings. The minimum Gasteiger partial charge on any atom is -0.472 e. The van der Waals surface area contributed by atoms with Crippen LogP contribution in [0.2, 0.25) is 0 Å². The Morgan fingerprint density at radius 1 is 1.44 bits per heavy atom. The zero-order chi connectivity index (χ0) is 12.8. The van der Waals surface area contributed by atoms with Crippen molar-refractivity contribution in [2.75, 3.05) is 11.9 Å². The van der Waals surface area contributed by atoms with Gasteiger partial charge >= 0.3 is 0 Å². The summed E-state index contributed by atoms with van der Waals surface area (Å²) in [6, 6.07) is 1.55. The maximum atomic E-state index is 11.5. The second-order valence-corrected chi connectivity index (χ2v) is 4.14. The van der Waals surface area contributed by atoms with Crippen LogP contribution in [0.15, 0.2) is 28.5 Å². The van der Waals surface area contributed by atoms with Gasteiger partial charge in [-0.05, 0) is 6.07 Å². The summed E-state index contributed by atoms with van der Waals surface area (Å²) in [7, 11) is 0. The highest BCUT2D eigenvalue weighted by Gasteiger charge is 2.08. The van der Waals surface area contributed by atoms with Crippen molar-refractivity contribution in [2.45, 2.75) is 6.42 Å². The SMILES string of the molecule is O=C(CCNC(=O)c1ccoc1)Nc1nncs1. The summed E-state index contributed by atoms with van der Waals surface area (Å²) in [6.45, 7) is 0.245. The van der Waals surface area contributed by atoms with E-state index in [1.54, 1.807) is 6.07 Å². The molecule has 2 amide bonds. The smallest absolute Gasteiger partial charge is 0.254 e. The van der Waals surface area contributed by atoms with Gasteiger partial charge in [-0.3, -0.25) is 9.59 Å². The average molecular weight is 266 g/mol. The van der Waals surface area contributed by atoms with E-state index < -0.39 is 0 Å². The summed E-state index contributed by atoms with van der Waals surface area (Å²) < 4.78 is 4.78. The fourth-order valence-electron chi connectivity index (χ4n) is 1.19. The third-order valence-electron chi connectivity index (χ3n) is 2.03. The minimum absolute atomic E-state index is 0.170. The van der Waals surface area contributed by atoms with E-state index in [2.05, 4.69) is 20.8 Å². The Bertz CT molecular complexity index is 509. The maximum Gasteiger partial charge on any atom is 0.254 e. The lowest BCUT2D eigenvalue weighted by atomic mass is 10.3. The van der Waals surface area contributed by atoms with Crippen molar-refractivity contribution in [1.29, 1.82) is 0 Å². The number of hydrogen-bond acceptors (Lipinski definition) is 6. The van der Waals surface area contributed by atoms with Gasteiger partial charge in [0.05, 0.1) is 11.8 Å². The van der Waals surface area contributed by atoms with E-state index in [1.165, 1.54) is 29.4 Å². The molecule has 0 aliphatic carbocycles. The topological polar surface area (TPSA) is 97.1 Å². The summed E-state index contributed by atoms with van der Waals surface area (Å²) >= 11 is 1.24. The Morgan fingerprint density at radius 2 is 2.33 bits per heavy atom. The third-order valence-corrected chi connectivity index (χ3v) is 2.63. The van der Waals surface area contributed by atoms with Crippen LogP contribution in [-0.4, -0.2) is 28.6 Å². The molecule has 0 bridgehead atoms. The molecule has 0 aliphatic heterocycles. The van der Waals surface area contributed by atoms with E-state index in [9.17, 15) is 9.59 Å². The minimum atomic E-state index is -0.271. The van der Waals surface area contributed by atoms with Gasteiger partial charge in [-0.1, -0.05) is 11.3 Å². The highest BCUT2D eigenvalue weighted by molar-refractivity contribution is 7.13. The van der Waals surface area contributed by atoms with E-state index in [1.807, 2.05) is 0 Å². The first kappa shape index (κ1) is 12.2. The Kier molecular flexibility index (Phi) is 4.02. The number of aromatic nitrogens is 2. The first-order valence-corrected chi connectivity index (χ1v) is 6.00. The molecule has 0 atom stereocenters. The molecule has 7 nitrogen and oxygen atoms in total. The van der Waals surface area contributed by atoms with Crippen LogP contribution in [0.5, 0.6) is 0 Å². The van der Waals surface area contributed by atoms with Crippen LogP contribution in [0.3, 0.4) is 0 Å². The van der Waals surface area contributed by atoms with Gasteiger partial charge in [0.1, 0.15) is 11.8 Å². The van der Waals surface area contributed by atoms with Crippen molar-refractivity contribution >= 4 is 28.3 Å². The summed E-state index contributed by atoms with van der Waals surface area (Å²) in [5.74, 6) is -0.494. The largest absolute Gasteiger partial charge is 0.472 e. The molecule has 0 radical (unpaired) electrons. The molecule has 2 N–H and O–H groups in total. The average Bonchev–Trinajstić information content (AvgIpc) is 3.00. The molecule has 2 rings (SSSR count). The predicted octanol–water partition coefficient (Wildman–Crippen LogP) is 0.890. The summed E-state index contributed by atoms with van der Waals surface area (Å²) in [4.78, 5) is 22.9. The van der Waals surface area contributed by atoms with E-state index in [0.29, 0.717) is 10.7 Å². The molecular weight excluding hydrogens is 256 g/mol. The number of anilines is 1. The van der Waals surface area contributed by atoms with Crippen molar-refractivity contribution in [1.82, 2.24) is 15.5 Å². The zero-order valence-corrected chi connectivity index (χ0v) is 10.1. The van der Waals surface area contributed by atoms with Crippen LogP contribution in [-0.2, 0) is 4.79 Å². The van der Waals surface area contributed by atoms with Gasteiger partial charge < -0.3 is 15.1 Å². The van der Waals surface area contributed by atoms with E-state index in [-0.39, 0.29) is 24.8 Å². The van der Waals surface area contributed by atoms with Crippen molar-refractivity contribution in [3.63, 3.8) is 0 Å². The van der Waals surface area contributed by atoms with Gasteiger partial charge in [-0.15, -0.1) is 10.2 Å². The van der Waals surface area contributed by atoms with E-state index in [4.69, 9.17) is 4.42 Å². The normalized spacial score (nSPS) is 10.0. The van der Waals surface area contributed by atoms with E-state index >= 15 is 0 Å². The predicted molar refractivity (Wildman–Crippen MR) is 64.2 cm³/mol. The van der Waals surface area contributed by atoms with Crippen molar-refractivity contribution in [3.05, 3.63) is 29.7 Å². The third kappa shape index (κ3) is 3.39. The van der Waals surface area contributed by atoms with Crippen LogP contribution in [0.1, 0.15) is 16.8 Å². The summed E-state index contributed by atoms with van der Waals surface area (Å²) in [5.41, 5.74) is 1.95. The number of rotatable bonds is 5. The summed E-state index contributed by atoms with van der Waals surface area (Å²) in [6.07, 6.45) is 2.93. The van der Waals surface area contributed by atoms with Gasteiger partial charge in [-0.25, -0.2) is 0 Å². The Balaban J connectivity index is 1.69. The lowest BCUT2D eigenvalue weighted by molar-refractivity contribution is -0.116. The van der Waals surface area contributed by atoms with Crippen molar-refractivity contribution in [3.8, 4) is 0 Å². The number of carbonyl (C=O) groups is 2. The first-order chi connectivity index (χ1) is 8.75.